The van der Waals surface area contributed by atoms with E-state index in [0.717, 1.165) is 24.2 Å². The highest BCUT2D eigenvalue weighted by atomic mass is 32.1. The van der Waals surface area contributed by atoms with Crippen LogP contribution in [0.15, 0.2) is 60.8 Å². The van der Waals surface area contributed by atoms with Gasteiger partial charge in [0, 0.05) is 11.9 Å². The van der Waals surface area contributed by atoms with E-state index in [1.807, 2.05) is 24.4 Å². The van der Waals surface area contributed by atoms with E-state index in [-0.39, 0.29) is 0 Å². The van der Waals surface area contributed by atoms with Gasteiger partial charge in [0.15, 0.2) is 5.11 Å². The van der Waals surface area contributed by atoms with Crippen molar-refractivity contribution in [1.82, 2.24) is 9.78 Å². The van der Waals surface area contributed by atoms with Crippen molar-refractivity contribution in [2.45, 2.75) is 26.7 Å². The highest BCUT2D eigenvalue weighted by Crippen LogP contribution is 2.10. The van der Waals surface area contributed by atoms with Gasteiger partial charge >= 0.3 is 0 Å². The van der Waals surface area contributed by atoms with Crippen molar-refractivity contribution in [2.24, 2.45) is 0 Å². The molecule has 0 radical (unpaired) electrons. The predicted molar refractivity (Wildman–Crippen MR) is 104 cm³/mol. The fourth-order valence-electron chi connectivity index (χ4n) is 2.45. The van der Waals surface area contributed by atoms with Crippen LogP contribution in [-0.2, 0) is 12.8 Å². The van der Waals surface area contributed by atoms with Crippen molar-refractivity contribution in [3.05, 3.63) is 83.2 Å². The lowest BCUT2D eigenvalue weighted by molar-refractivity contribution is 0.850. The molecule has 0 spiro atoms. The summed E-state index contributed by atoms with van der Waals surface area (Å²) in [6, 6.07) is 18.8. The second kappa shape index (κ2) is 7.41. The number of hydrogen-bond donors (Lipinski definition) is 1. The fourth-order valence-corrected chi connectivity index (χ4v) is 2.67. The molecule has 0 aliphatic carbocycles. The molecule has 0 atom stereocenters. The summed E-state index contributed by atoms with van der Waals surface area (Å²) in [7, 11) is 0. The van der Waals surface area contributed by atoms with Crippen LogP contribution in [0.2, 0.25) is 0 Å². The molecule has 3 aromatic rings. The summed E-state index contributed by atoms with van der Waals surface area (Å²) in [5.74, 6) is 0. The highest BCUT2D eigenvalue weighted by molar-refractivity contribution is 7.80. The van der Waals surface area contributed by atoms with Crippen molar-refractivity contribution in [2.75, 3.05) is 5.32 Å². The molecular formula is C20H21N3S. The molecule has 1 N–H and O–H groups in total. The van der Waals surface area contributed by atoms with E-state index in [2.05, 4.69) is 60.7 Å². The fraction of sp³-hybridized carbons (Fsp3) is 0.200. The van der Waals surface area contributed by atoms with Crippen LogP contribution in [0.3, 0.4) is 0 Å². The first-order valence-corrected chi connectivity index (χ1v) is 8.49. The van der Waals surface area contributed by atoms with Crippen molar-refractivity contribution in [1.29, 1.82) is 0 Å². The van der Waals surface area contributed by atoms with Gasteiger partial charge < -0.3 is 5.32 Å². The van der Waals surface area contributed by atoms with Gasteiger partial charge in [-0.3, -0.25) is 0 Å². The van der Waals surface area contributed by atoms with Crippen molar-refractivity contribution >= 4 is 23.0 Å². The van der Waals surface area contributed by atoms with Gasteiger partial charge in [-0.2, -0.15) is 5.10 Å². The summed E-state index contributed by atoms with van der Waals surface area (Å²) in [6.45, 7) is 4.17. The topological polar surface area (TPSA) is 29.9 Å². The minimum Gasteiger partial charge on any atom is -0.331 e. The number of nitrogens with zero attached hydrogens (tertiary/aromatic N) is 2. The molecule has 1 heterocycles. The Balaban J connectivity index is 1.59. The smallest absolute Gasteiger partial charge is 0.198 e. The molecule has 4 heteroatoms. The molecule has 0 aliphatic heterocycles. The summed E-state index contributed by atoms with van der Waals surface area (Å²) in [5.41, 5.74) is 5.86. The van der Waals surface area contributed by atoms with Crippen molar-refractivity contribution < 1.29 is 0 Å². The first-order valence-electron chi connectivity index (χ1n) is 8.08. The van der Waals surface area contributed by atoms with E-state index < -0.39 is 0 Å². The molecule has 0 saturated heterocycles. The van der Waals surface area contributed by atoms with E-state index in [0.29, 0.717) is 5.11 Å². The van der Waals surface area contributed by atoms with E-state index in [1.165, 1.54) is 16.7 Å². The number of thiocarbonyl (C=S) groups is 1. The van der Waals surface area contributed by atoms with Crippen LogP contribution < -0.4 is 5.32 Å². The molecule has 0 aliphatic rings. The van der Waals surface area contributed by atoms with Gasteiger partial charge in [0.1, 0.15) is 0 Å². The van der Waals surface area contributed by atoms with E-state index >= 15 is 0 Å². The Kier molecular flexibility index (Phi) is 5.06. The maximum absolute atomic E-state index is 5.43. The third-order valence-electron chi connectivity index (χ3n) is 3.95. The van der Waals surface area contributed by atoms with Gasteiger partial charge in [0.2, 0.25) is 0 Å². The van der Waals surface area contributed by atoms with Crippen LogP contribution >= 0.6 is 12.2 Å². The number of hydrogen-bond acceptors (Lipinski definition) is 2. The van der Waals surface area contributed by atoms with E-state index in [9.17, 15) is 0 Å². The third kappa shape index (κ3) is 4.30. The van der Waals surface area contributed by atoms with Gasteiger partial charge in [0.25, 0.3) is 0 Å². The molecule has 0 amide bonds. The molecule has 0 saturated carbocycles. The second-order valence-corrected chi connectivity index (χ2v) is 6.42. The number of anilines is 1. The highest BCUT2D eigenvalue weighted by Gasteiger charge is 2.05. The number of aromatic nitrogens is 2. The van der Waals surface area contributed by atoms with Crippen molar-refractivity contribution in [3.63, 3.8) is 0 Å². The molecule has 2 aromatic carbocycles. The molecule has 1 aromatic heterocycles. The molecule has 0 bridgehead atoms. The molecule has 3 nitrogen and oxygen atoms in total. The number of benzene rings is 2. The molecule has 24 heavy (non-hydrogen) atoms. The average Bonchev–Trinajstić information content (AvgIpc) is 3.06. The Labute approximate surface area is 148 Å². The maximum Gasteiger partial charge on any atom is 0.198 e. The lowest BCUT2D eigenvalue weighted by Gasteiger charge is -2.08. The lowest BCUT2D eigenvalue weighted by atomic mass is 10.1. The van der Waals surface area contributed by atoms with Crippen LogP contribution in [0.5, 0.6) is 0 Å². The van der Waals surface area contributed by atoms with Gasteiger partial charge in [0.05, 0.1) is 5.69 Å². The molecule has 0 fully saturated rings. The average molecular weight is 335 g/mol. The van der Waals surface area contributed by atoms with Crippen LogP contribution in [0.25, 0.3) is 0 Å². The Morgan fingerprint density at radius 3 is 2.21 bits per heavy atom. The molecule has 122 valence electrons. The molecular weight excluding hydrogens is 314 g/mol. The Morgan fingerprint density at radius 1 is 0.917 bits per heavy atom. The summed E-state index contributed by atoms with van der Waals surface area (Å²) in [4.78, 5) is 0. The minimum absolute atomic E-state index is 0.584. The summed E-state index contributed by atoms with van der Waals surface area (Å²) < 4.78 is 1.72. The van der Waals surface area contributed by atoms with Crippen LogP contribution in [-0.4, -0.2) is 14.9 Å². The third-order valence-corrected chi connectivity index (χ3v) is 4.23. The van der Waals surface area contributed by atoms with Crippen LogP contribution in [0, 0.1) is 13.8 Å². The normalized spacial score (nSPS) is 10.6. The molecule has 3 rings (SSSR count). The zero-order chi connectivity index (χ0) is 16.9. The summed E-state index contributed by atoms with van der Waals surface area (Å²) in [5, 5.41) is 8.36. The summed E-state index contributed by atoms with van der Waals surface area (Å²) >= 11 is 5.43. The van der Waals surface area contributed by atoms with Gasteiger partial charge in [-0.05, 0) is 62.7 Å². The maximum atomic E-state index is 5.43. The standard InChI is InChI=1S/C20H21N3S/c1-15-3-7-17(8-4-15)9-12-19-13-14-23(22-19)20(24)21-18-10-5-16(2)6-11-18/h3-8,10-11,13-14H,9,12H2,1-2H3,(H,21,24). The zero-order valence-corrected chi connectivity index (χ0v) is 14.8. The van der Waals surface area contributed by atoms with Crippen LogP contribution in [0.1, 0.15) is 22.4 Å². The largest absolute Gasteiger partial charge is 0.331 e. The number of aryl methyl sites for hydroxylation is 4. The number of rotatable bonds is 4. The first kappa shape index (κ1) is 16.4. The second-order valence-electron chi connectivity index (χ2n) is 6.03. The molecule has 0 unspecified atom stereocenters. The zero-order valence-electron chi connectivity index (χ0n) is 14.0. The monoisotopic (exact) mass is 335 g/mol. The SMILES string of the molecule is Cc1ccc(CCc2ccn(C(=S)Nc3ccc(C)cc3)n2)cc1. The lowest BCUT2D eigenvalue weighted by Crippen LogP contribution is -2.19. The first-order chi connectivity index (χ1) is 11.6. The van der Waals surface area contributed by atoms with E-state index in [4.69, 9.17) is 12.2 Å². The summed E-state index contributed by atoms with van der Waals surface area (Å²) in [6.07, 6.45) is 3.80. The Bertz CT molecular complexity index is 817. The van der Waals surface area contributed by atoms with E-state index in [1.54, 1.807) is 4.68 Å². The van der Waals surface area contributed by atoms with Gasteiger partial charge in [-0.1, -0.05) is 47.5 Å². The predicted octanol–water partition coefficient (Wildman–Crippen LogP) is 4.53. The minimum atomic E-state index is 0.584. The Morgan fingerprint density at radius 2 is 1.54 bits per heavy atom. The quantitative estimate of drug-likeness (QED) is 0.710. The van der Waals surface area contributed by atoms with Gasteiger partial charge in [-0.15, -0.1) is 0 Å². The van der Waals surface area contributed by atoms with Crippen molar-refractivity contribution in [3.8, 4) is 0 Å². The van der Waals surface area contributed by atoms with Gasteiger partial charge in [-0.25, -0.2) is 4.68 Å². The van der Waals surface area contributed by atoms with Crippen LogP contribution in [0.4, 0.5) is 5.69 Å². The number of nitrogens with one attached hydrogen (secondary N) is 1. The Hall–Kier alpha value is -2.46.